The summed E-state index contributed by atoms with van der Waals surface area (Å²) in [6, 6.07) is 23.0. The Morgan fingerprint density at radius 1 is 0.759 bits per heavy atom. The summed E-state index contributed by atoms with van der Waals surface area (Å²) in [5, 5.41) is 0.724. The van der Waals surface area contributed by atoms with Crippen molar-refractivity contribution in [3.8, 4) is 0 Å². The lowest BCUT2D eigenvalue weighted by Crippen LogP contribution is -2.30. The molecule has 1 aliphatic heterocycles. The average molecular weight is 402 g/mol. The monoisotopic (exact) mass is 401 g/mol. The normalized spacial score (nSPS) is 13.3. The van der Waals surface area contributed by atoms with Crippen LogP contribution in [-0.2, 0) is 6.42 Å². The Labute approximate surface area is 175 Å². The first-order chi connectivity index (χ1) is 14.1. The second kappa shape index (κ2) is 8.46. The molecule has 0 fully saturated rings. The molecular weight excluding hydrogens is 382 g/mol. The quantitative estimate of drug-likeness (QED) is 0.390. The molecule has 4 heteroatoms. The topological polar surface area (TPSA) is 37.4 Å². The summed E-state index contributed by atoms with van der Waals surface area (Å²) in [4.78, 5) is 26.2. The number of amides is 2. The number of fused-ring (bicyclic) bond motifs is 1. The maximum absolute atomic E-state index is 12.4. The molecule has 1 aliphatic rings. The van der Waals surface area contributed by atoms with E-state index in [1.807, 2.05) is 36.4 Å². The molecule has 29 heavy (non-hydrogen) atoms. The van der Waals surface area contributed by atoms with Crippen LogP contribution in [0.2, 0.25) is 5.02 Å². The molecule has 3 aromatic carbocycles. The molecule has 144 valence electrons. The number of aryl methyl sites for hydroxylation is 1. The molecule has 1 heterocycles. The van der Waals surface area contributed by atoms with Gasteiger partial charge in [0.05, 0.1) is 11.1 Å². The third kappa shape index (κ3) is 4.30. The molecule has 4 rings (SSSR count). The number of benzene rings is 3. The van der Waals surface area contributed by atoms with E-state index in [9.17, 15) is 9.59 Å². The number of rotatable bonds is 6. The molecule has 0 saturated heterocycles. The molecule has 0 radical (unpaired) electrons. The van der Waals surface area contributed by atoms with Crippen LogP contribution in [0.25, 0.3) is 12.2 Å². The first-order valence-electron chi connectivity index (χ1n) is 9.59. The Morgan fingerprint density at radius 2 is 1.41 bits per heavy atom. The zero-order valence-corrected chi connectivity index (χ0v) is 16.6. The number of hydrogen-bond donors (Lipinski definition) is 0. The number of imide groups is 1. The van der Waals surface area contributed by atoms with Crippen molar-refractivity contribution in [3.63, 3.8) is 0 Å². The summed E-state index contributed by atoms with van der Waals surface area (Å²) in [5.41, 5.74) is 4.39. The van der Waals surface area contributed by atoms with Crippen LogP contribution in [0.1, 0.15) is 43.8 Å². The number of carbonyl (C=O) groups is 2. The number of carbonyl (C=O) groups excluding carboxylic acids is 2. The van der Waals surface area contributed by atoms with Crippen molar-refractivity contribution in [3.05, 3.63) is 106 Å². The van der Waals surface area contributed by atoms with E-state index in [2.05, 4.69) is 24.3 Å². The molecule has 0 N–H and O–H groups in total. The number of nitrogens with zero attached hydrogens (tertiary/aromatic N) is 1. The van der Waals surface area contributed by atoms with Crippen molar-refractivity contribution >= 4 is 35.6 Å². The fraction of sp³-hybridized carbons (Fsp3) is 0.120. The highest BCUT2D eigenvalue weighted by Crippen LogP contribution is 2.23. The van der Waals surface area contributed by atoms with E-state index >= 15 is 0 Å². The smallest absolute Gasteiger partial charge is 0.261 e. The van der Waals surface area contributed by atoms with E-state index in [4.69, 9.17) is 11.6 Å². The Hall–Kier alpha value is -3.17. The van der Waals surface area contributed by atoms with Gasteiger partial charge in [0.25, 0.3) is 11.8 Å². The third-order valence-electron chi connectivity index (χ3n) is 5.01. The minimum Gasteiger partial charge on any atom is -0.274 e. The van der Waals surface area contributed by atoms with Crippen molar-refractivity contribution in [2.75, 3.05) is 6.54 Å². The summed E-state index contributed by atoms with van der Waals surface area (Å²) in [7, 11) is 0. The lowest BCUT2D eigenvalue weighted by Gasteiger charge is -2.13. The molecule has 0 atom stereocenters. The van der Waals surface area contributed by atoms with E-state index < -0.39 is 0 Å². The van der Waals surface area contributed by atoms with Gasteiger partial charge in [-0.25, -0.2) is 0 Å². The fourth-order valence-electron chi connectivity index (χ4n) is 3.50. The van der Waals surface area contributed by atoms with Gasteiger partial charge in [0.15, 0.2) is 0 Å². The Kier molecular flexibility index (Phi) is 5.59. The summed E-state index contributed by atoms with van der Waals surface area (Å²) >= 11 is 5.92. The van der Waals surface area contributed by atoms with Crippen molar-refractivity contribution < 1.29 is 9.59 Å². The van der Waals surface area contributed by atoms with E-state index in [1.165, 1.54) is 10.5 Å². The highest BCUT2D eigenvalue weighted by Gasteiger charge is 2.34. The van der Waals surface area contributed by atoms with Crippen LogP contribution in [0.4, 0.5) is 0 Å². The second-order valence-electron chi connectivity index (χ2n) is 7.04. The van der Waals surface area contributed by atoms with Crippen molar-refractivity contribution in [2.24, 2.45) is 0 Å². The van der Waals surface area contributed by atoms with E-state index in [0.717, 1.165) is 29.0 Å². The third-order valence-corrected chi connectivity index (χ3v) is 5.27. The van der Waals surface area contributed by atoms with Crippen molar-refractivity contribution in [1.82, 2.24) is 4.90 Å². The average Bonchev–Trinajstić information content (AvgIpc) is 2.99. The molecule has 0 spiro atoms. The summed E-state index contributed by atoms with van der Waals surface area (Å²) in [5.74, 6) is -0.379. The van der Waals surface area contributed by atoms with Gasteiger partial charge in [0.1, 0.15) is 0 Å². The highest BCUT2D eigenvalue weighted by molar-refractivity contribution is 6.30. The fourth-order valence-corrected chi connectivity index (χ4v) is 3.63. The van der Waals surface area contributed by atoms with Crippen molar-refractivity contribution in [2.45, 2.75) is 12.8 Å². The Bertz CT molecular complexity index is 1050. The second-order valence-corrected chi connectivity index (χ2v) is 7.48. The Balaban J connectivity index is 1.36. The molecule has 3 aromatic rings. The summed E-state index contributed by atoms with van der Waals surface area (Å²) < 4.78 is 0. The molecule has 2 amide bonds. The van der Waals surface area contributed by atoms with Crippen LogP contribution >= 0.6 is 11.6 Å². The lowest BCUT2D eigenvalue weighted by atomic mass is 10.1. The SMILES string of the molecule is O=C1c2ccccc2C(=O)N1CCCc1cccc(/C=C/c2ccc(Cl)cc2)c1. The van der Waals surface area contributed by atoms with Gasteiger partial charge in [-0.15, -0.1) is 0 Å². The zero-order chi connectivity index (χ0) is 20.2. The van der Waals surface area contributed by atoms with E-state index in [0.29, 0.717) is 17.7 Å². The van der Waals surface area contributed by atoms with Gasteiger partial charge in [0, 0.05) is 11.6 Å². The van der Waals surface area contributed by atoms with Crippen LogP contribution in [0.3, 0.4) is 0 Å². The van der Waals surface area contributed by atoms with Crippen molar-refractivity contribution in [1.29, 1.82) is 0 Å². The molecular formula is C25H20ClNO2. The molecule has 0 bridgehead atoms. The van der Waals surface area contributed by atoms with Gasteiger partial charge >= 0.3 is 0 Å². The van der Waals surface area contributed by atoms with Gasteiger partial charge < -0.3 is 0 Å². The maximum Gasteiger partial charge on any atom is 0.261 e. The minimum absolute atomic E-state index is 0.190. The van der Waals surface area contributed by atoms with Gasteiger partial charge in [-0.3, -0.25) is 14.5 Å². The summed E-state index contributed by atoms with van der Waals surface area (Å²) in [6.45, 7) is 0.428. The van der Waals surface area contributed by atoms with Crippen LogP contribution in [0.15, 0.2) is 72.8 Å². The van der Waals surface area contributed by atoms with Gasteiger partial charge in [0.2, 0.25) is 0 Å². The van der Waals surface area contributed by atoms with E-state index in [1.54, 1.807) is 24.3 Å². The van der Waals surface area contributed by atoms with Crippen LogP contribution in [-0.4, -0.2) is 23.3 Å². The first-order valence-corrected chi connectivity index (χ1v) is 9.97. The molecule has 0 saturated carbocycles. The maximum atomic E-state index is 12.4. The van der Waals surface area contributed by atoms with Gasteiger partial charge in [-0.1, -0.05) is 72.3 Å². The first kappa shape index (κ1) is 19.2. The van der Waals surface area contributed by atoms with Gasteiger partial charge in [-0.05, 0) is 53.8 Å². The molecule has 3 nitrogen and oxygen atoms in total. The molecule has 0 unspecified atom stereocenters. The molecule has 0 aliphatic carbocycles. The standard InChI is InChI=1S/C25H20ClNO2/c26-21-14-12-18(13-15-21)10-11-20-6-3-5-19(17-20)7-4-16-27-24(28)22-8-1-2-9-23(22)25(27)29/h1-3,5-6,8-15,17H,4,7,16H2/b11-10+. The zero-order valence-electron chi connectivity index (χ0n) is 15.8. The van der Waals surface area contributed by atoms with Crippen LogP contribution in [0, 0.1) is 0 Å². The highest BCUT2D eigenvalue weighted by atomic mass is 35.5. The Morgan fingerprint density at radius 3 is 2.10 bits per heavy atom. The lowest BCUT2D eigenvalue weighted by molar-refractivity contribution is 0.0652. The van der Waals surface area contributed by atoms with Crippen LogP contribution in [0.5, 0.6) is 0 Å². The number of halogens is 1. The summed E-state index contributed by atoms with van der Waals surface area (Å²) in [6.07, 6.45) is 5.65. The van der Waals surface area contributed by atoms with E-state index in [-0.39, 0.29) is 11.8 Å². The predicted molar refractivity (Wildman–Crippen MR) is 117 cm³/mol. The van der Waals surface area contributed by atoms with Crippen LogP contribution < -0.4 is 0 Å². The largest absolute Gasteiger partial charge is 0.274 e. The van der Waals surface area contributed by atoms with Gasteiger partial charge in [-0.2, -0.15) is 0 Å². The predicted octanol–water partition coefficient (Wildman–Crippen LogP) is 5.74. The molecule has 0 aromatic heterocycles. The minimum atomic E-state index is -0.190. The number of hydrogen-bond acceptors (Lipinski definition) is 2.